The third-order valence-corrected chi connectivity index (χ3v) is 3.25. The summed E-state index contributed by atoms with van der Waals surface area (Å²) >= 11 is 0. The number of rotatable bonds is 0. The number of fused-ring (bicyclic) bond motifs is 4. The quantitative estimate of drug-likeness (QED) is 0.474. The van der Waals surface area contributed by atoms with Crippen LogP contribution in [0.1, 0.15) is 0 Å². The summed E-state index contributed by atoms with van der Waals surface area (Å²) in [5.41, 5.74) is 2.36. The van der Waals surface area contributed by atoms with Gasteiger partial charge in [-0.05, 0) is 18.2 Å². The van der Waals surface area contributed by atoms with E-state index < -0.39 is 0 Å². The van der Waals surface area contributed by atoms with Gasteiger partial charge in [0.15, 0.2) is 0 Å². The summed E-state index contributed by atoms with van der Waals surface area (Å²) < 4.78 is 5.19. The molecular formula is C15H9NO2. The lowest BCUT2D eigenvalue weighted by molar-refractivity contribution is 0.561. The fourth-order valence-corrected chi connectivity index (χ4v) is 2.41. The number of hydrogen-bond donors (Lipinski definition) is 1. The Morgan fingerprint density at radius 2 is 1.78 bits per heavy atom. The third-order valence-electron chi connectivity index (χ3n) is 3.25. The van der Waals surface area contributed by atoms with Gasteiger partial charge in [0.05, 0.1) is 5.52 Å². The van der Waals surface area contributed by atoms with E-state index in [1.54, 1.807) is 6.07 Å². The Labute approximate surface area is 102 Å². The van der Waals surface area contributed by atoms with Crippen molar-refractivity contribution in [2.45, 2.75) is 0 Å². The minimum atomic E-state index is -0.321. The maximum Gasteiger partial charge on any atom is 0.336 e. The second-order valence-electron chi connectivity index (χ2n) is 4.36. The number of aromatic amines is 1. The minimum absolute atomic E-state index is 0.321. The van der Waals surface area contributed by atoms with Gasteiger partial charge in [-0.3, -0.25) is 0 Å². The molecule has 0 unspecified atom stereocenters. The lowest BCUT2D eigenvalue weighted by Crippen LogP contribution is -1.93. The molecule has 0 aliphatic heterocycles. The standard InChI is InChI=1S/C15H9NO2/c17-15-6-5-9-7-11-10-3-1-2-4-12(10)16-13(11)8-14(9)18-15/h1-8,16H. The second-order valence-corrected chi connectivity index (χ2v) is 4.36. The Morgan fingerprint density at radius 1 is 0.889 bits per heavy atom. The molecule has 18 heavy (non-hydrogen) atoms. The van der Waals surface area contributed by atoms with Crippen molar-refractivity contribution >= 4 is 32.8 Å². The molecule has 0 spiro atoms. The first kappa shape index (κ1) is 9.48. The van der Waals surface area contributed by atoms with Crippen LogP contribution in [0.5, 0.6) is 0 Å². The molecule has 4 rings (SSSR count). The molecule has 0 bridgehead atoms. The van der Waals surface area contributed by atoms with Gasteiger partial charge in [-0.2, -0.15) is 0 Å². The zero-order valence-corrected chi connectivity index (χ0v) is 9.44. The molecule has 1 N–H and O–H groups in total. The molecule has 0 saturated carbocycles. The van der Waals surface area contributed by atoms with Crippen LogP contribution in [0.3, 0.4) is 0 Å². The molecule has 0 aliphatic rings. The van der Waals surface area contributed by atoms with Gasteiger partial charge in [0.25, 0.3) is 0 Å². The second kappa shape index (κ2) is 3.23. The first-order valence-electron chi connectivity index (χ1n) is 5.76. The van der Waals surface area contributed by atoms with Crippen LogP contribution in [0, 0.1) is 0 Å². The van der Waals surface area contributed by atoms with Gasteiger partial charge in [-0.15, -0.1) is 0 Å². The van der Waals surface area contributed by atoms with Crippen LogP contribution in [-0.4, -0.2) is 4.98 Å². The highest BCUT2D eigenvalue weighted by atomic mass is 16.4. The summed E-state index contributed by atoms with van der Waals surface area (Å²) in [6.45, 7) is 0. The average Bonchev–Trinajstić information content (AvgIpc) is 2.73. The van der Waals surface area contributed by atoms with E-state index in [4.69, 9.17) is 4.42 Å². The predicted octanol–water partition coefficient (Wildman–Crippen LogP) is 3.43. The Morgan fingerprint density at radius 3 is 2.72 bits per heavy atom. The largest absolute Gasteiger partial charge is 0.423 e. The van der Waals surface area contributed by atoms with Crippen molar-refractivity contribution in [3.8, 4) is 0 Å². The van der Waals surface area contributed by atoms with Crippen LogP contribution in [0.15, 0.2) is 57.7 Å². The molecular weight excluding hydrogens is 226 g/mol. The summed E-state index contributed by atoms with van der Waals surface area (Å²) in [5.74, 6) is 0. The van der Waals surface area contributed by atoms with E-state index >= 15 is 0 Å². The molecule has 3 heteroatoms. The van der Waals surface area contributed by atoms with Crippen molar-refractivity contribution < 1.29 is 4.42 Å². The zero-order valence-electron chi connectivity index (χ0n) is 9.44. The predicted molar refractivity (Wildman–Crippen MR) is 71.8 cm³/mol. The summed E-state index contributed by atoms with van der Waals surface area (Å²) in [7, 11) is 0. The molecule has 4 aromatic rings. The number of H-pyrrole nitrogens is 1. The molecule has 0 saturated heterocycles. The number of benzene rings is 2. The Hall–Kier alpha value is -2.55. The minimum Gasteiger partial charge on any atom is -0.423 e. The molecule has 0 amide bonds. The van der Waals surface area contributed by atoms with Crippen molar-refractivity contribution in [2.75, 3.05) is 0 Å². The zero-order chi connectivity index (χ0) is 12.1. The summed E-state index contributed by atoms with van der Waals surface area (Å²) in [5, 5.41) is 3.26. The van der Waals surface area contributed by atoms with Crippen molar-refractivity contribution in [2.24, 2.45) is 0 Å². The SMILES string of the molecule is O=c1ccc2cc3c(cc2o1)[nH]c1ccccc13. The maximum atomic E-state index is 11.2. The normalized spacial score (nSPS) is 11.6. The molecule has 2 aromatic carbocycles. The van der Waals surface area contributed by atoms with Gasteiger partial charge < -0.3 is 9.40 Å². The highest BCUT2D eigenvalue weighted by molar-refractivity contribution is 6.11. The first-order chi connectivity index (χ1) is 8.81. The maximum absolute atomic E-state index is 11.2. The molecule has 86 valence electrons. The fourth-order valence-electron chi connectivity index (χ4n) is 2.41. The van der Waals surface area contributed by atoms with Crippen molar-refractivity contribution in [1.82, 2.24) is 4.98 Å². The van der Waals surface area contributed by atoms with Gasteiger partial charge in [0.1, 0.15) is 5.58 Å². The molecule has 0 radical (unpaired) electrons. The molecule has 2 aromatic heterocycles. The lowest BCUT2D eigenvalue weighted by Gasteiger charge is -1.96. The van der Waals surface area contributed by atoms with E-state index in [9.17, 15) is 4.79 Å². The van der Waals surface area contributed by atoms with Crippen LogP contribution in [0.4, 0.5) is 0 Å². The average molecular weight is 235 g/mol. The van der Waals surface area contributed by atoms with Gasteiger partial charge in [0.2, 0.25) is 0 Å². The third kappa shape index (κ3) is 1.21. The van der Waals surface area contributed by atoms with Crippen molar-refractivity contribution in [1.29, 1.82) is 0 Å². The van der Waals surface area contributed by atoms with Gasteiger partial charge in [0, 0.05) is 33.8 Å². The fraction of sp³-hybridized carbons (Fsp3) is 0. The van der Waals surface area contributed by atoms with E-state index in [0.717, 1.165) is 21.8 Å². The lowest BCUT2D eigenvalue weighted by atomic mass is 10.1. The Bertz CT molecular complexity index is 947. The van der Waals surface area contributed by atoms with E-state index in [2.05, 4.69) is 11.1 Å². The van der Waals surface area contributed by atoms with Crippen LogP contribution in [0.25, 0.3) is 32.8 Å². The van der Waals surface area contributed by atoms with Gasteiger partial charge in [-0.1, -0.05) is 18.2 Å². The highest BCUT2D eigenvalue weighted by Crippen LogP contribution is 2.28. The molecule has 3 nitrogen and oxygen atoms in total. The number of aromatic nitrogens is 1. The summed E-state index contributed by atoms with van der Waals surface area (Å²) in [6.07, 6.45) is 0. The molecule has 2 heterocycles. The van der Waals surface area contributed by atoms with Crippen LogP contribution in [0.2, 0.25) is 0 Å². The van der Waals surface area contributed by atoms with Crippen molar-refractivity contribution in [3.05, 3.63) is 59.0 Å². The van der Waals surface area contributed by atoms with E-state index in [-0.39, 0.29) is 5.63 Å². The van der Waals surface area contributed by atoms with Crippen LogP contribution in [-0.2, 0) is 0 Å². The Balaban J connectivity index is 2.27. The van der Waals surface area contributed by atoms with E-state index in [1.807, 2.05) is 30.3 Å². The summed E-state index contributed by atoms with van der Waals surface area (Å²) in [4.78, 5) is 14.5. The molecule has 0 aliphatic carbocycles. The van der Waals surface area contributed by atoms with Crippen LogP contribution < -0.4 is 5.63 Å². The molecule has 0 atom stereocenters. The topological polar surface area (TPSA) is 46.0 Å². The van der Waals surface area contributed by atoms with E-state index in [1.165, 1.54) is 11.5 Å². The van der Waals surface area contributed by atoms with Crippen LogP contribution >= 0.6 is 0 Å². The number of para-hydroxylation sites is 1. The molecule has 0 fully saturated rings. The van der Waals surface area contributed by atoms with Gasteiger partial charge in [-0.25, -0.2) is 4.79 Å². The summed E-state index contributed by atoms with van der Waals surface area (Å²) in [6, 6.07) is 15.3. The number of hydrogen-bond acceptors (Lipinski definition) is 2. The first-order valence-corrected chi connectivity index (χ1v) is 5.76. The van der Waals surface area contributed by atoms with Crippen molar-refractivity contribution in [3.63, 3.8) is 0 Å². The van der Waals surface area contributed by atoms with Gasteiger partial charge >= 0.3 is 5.63 Å². The smallest absolute Gasteiger partial charge is 0.336 e. The van der Waals surface area contributed by atoms with E-state index in [0.29, 0.717) is 5.58 Å². The number of nitrogens with one attached hydrogen (secondary N) is 1. The Kier molecular flexibility index (Phi) is 1.70. The highest BCUT2D eigenvalue weighted by Gasteiger charge is 2.06. The monoisotopic (exact) mass is 235 g/mol.